The molecule has 5 heteroatoms. The number of aromatic nitrogens is 2. The molecular formula is C12H16N4S. The molecule has 0 amide bonds. The highest BCUT2D eigenvalue weighted by atomic mass is 32.1. The van der Waals surface area contributed by atoms with E-state index in [1.165, 1.54) is 11.5 Å². The monoisotopic (exact) mass is 248 g/mol. The van der Waals surface area contributed by atoms with E-state index in [1.807, 2.05) is 12.1 Å². The van der Waals surface area contributed by atoms with Crippen molar-refractivity contribution in [2.24, 2.45) is 5.92 Å². The minimum Gasteiger partial charge on any atom is -0.382 e. The smallest absolute Gasteiger partial charge is 0.147 e. The molecule has 2 heterocycles. The molecule has 2 rings (SSSR count). The molecule has 0 saturated carbocycles. The SMILES string of the molecule is CC(C)CNc1snc(N)c1-c1cccnc1. The van der Waals surface area contributed by atoms with Gasteiger partial charge in [0.15, 0.2) is 0 Å². The van der Waals surface area contributed by atoms with Gasteiger partial charge in [-0.1, -0.05) is 19.9 Å². The number of nitrogens with two attached hydrogens (primary N) is 1. The average molecular weight is 248 g/mol. The molecule has 0 aliphatic heterocycles. The van der Waals surface area contributed by atoms with Crippen LogP contribution in [0.1, 0.15) is 13.8 Å². The van der Waals surface area contributed by atoms with Crippen molar-refractivity contribution in [1.29, 1.82) is 0 Å². The number of hydrogen-bond donors (Lipinski definition) is 2. The number of nitrogen functional groups attached to an aromatic ring is 1. The van der Waals surface area contributed by atoms with E-state index in [9.17, 15) is 0 Å². The molecule has 0 spiro atoms. The molecule has 0 radical (unpaired) electrons. The summed E-state index contributed by atoms with van der Waals surface area (Å²) in [5, 5.41) is 4.40. The van der Waals surface area contributed by atoms with Crippen LogP contribution in [-0.2, 0) is 0 Å². The van der Waals surface area contributed by atoms with Gasteiger partial charge >= 0.3 is 0 Å². The van der Waals surface area contributed by atoms with E-state index in [0.29, 0.717) is 11.7 Å². The highest BCUT2D eigenvalue weighted by Gasteiger charge is 2.13. The number of anilines is 2. The fraction of sp³-hybridized carbons (Fsp3) is 0.333. The fourth-order valence-corrected chi connectivity index (χ4v) is 2.25. The zero-order valence-corrected chi connectivity index (χ0v) is 10.8. The summed E-state index contributed by atoms with van der Waals surface area (Å²) in [4.78, 5) is 4.11. The van der Waals surface area contributed by atoms with Crippen LogP contribution in [0.3, 0.4) is 0 Å². The summed E-state index contributed by atoms with van der Waals surface area (Å²) in [6.07, 6.45) is 3.56. The standard InChI is InChI=1S/C12H16N4S/c1-8(2)6-15-12-10(11(13)16-17-12)9-4-3-5-14-7-9/h3-5,7-8,15H,6H2,1-2H3,(H2,13,16). The van der Waals surface area contributed by atoms with Gasteiger partial charge in [-0.15, -0.1) is 0 Å². The van der Waals surface area contributed by atoms with E-state index in [0.717, 1.165) is 22.7 Å². The summed E-state index contributed by atoms with van der Waals surface area (Å²) in [6, 6.07) is 3.90. The van der Waals surface area contributed by atoms with Crippen LogP contribution in [-0.4, -0.2) is 15.9 Å². The van der Waals surface area contributed by atoms with Gasteiger partial charge in [-0.3, -0.25) is 4.98 Å². The number of rotatable bonds is 4. The van der Waals surface area contributed by atoms with E-state index in [4.69, 9.17) is 5.73 Å². The first-order valence-corrected chi connectivity index (χ1v) is 6.35. The summed E-state index contributed by atoms with van der Waals surface area (Å²) in [7, 11) is 0. The van der Waals surface area contributed by atoms with Crippen LogP contribution < -0.4 is 11.1 Å². The van der Waals surface area contributed by atoms with Crippen molar-refractivity contribution in [3.05, 3.63) is 24.5 Å². The molecule has 0 aliphatic carbocycles. The second-order valence-electron chi connectivity index (χ2n) is 4.29. The van der Waals surface area contributed by atoms with Gasteiger partial charge in [0.25, 0.3) is 0 Å². The Bertz CT molecular complexity index is 479. The Morgan fingerprint density at radius 3 is 2.94 bits per heavy atom. The summed E-state index contributed by atoms with van der Waals surface area (Å²) in [6.45, 7) is 5.25. The van der Waals surface area contributed by atoms with Crippen LogP contribution in [0, 0.1) is 5.92 Å². The number of nitrogens with zero attached hydrogens (tertiary/aromatic N) is 2. The van der Waals surface area contributed by atoms with Gasteiger partial charge in [0.2, 0.25) is 0 Å². The van der Waals surface area contributed by atoms with Crippen molar-refractivity contribution in [2.75, 3.05) is 17.6 Å². The van der Waals surface area contributed by atoms with Crippen LogP contribution in [0.15, 0.2) is 24.5 Å². The van der Waals surface area contributed by atoms with E-state index < -0.39 is 0 Å². The normalized spacial score (nSPS) is 10.8. The molecule has 0 bridgehead atoms. The molecule has 0 fully saturated rings. The second-order valence-corrected chi connectivity index (χ2v) is 5.06. The summed E-state index contributed by atoms with van der Waals surface area (Å²) in [5.41, 5.74) is 7.88. The second kappa shape index (κ2) is 5.14. The van der Waals surface area contributed by atoms with Crippen molar-refractivity contribution in [1.82, 2.24) is 9.36 Å². The number of pyridine rings is 1. The maximum atomic E-state index is 5.91. The van der Waals surface area contributed by atoms with Gasteiger partial charge in [-0.25, -0.2) is 0 Å². The largest absolute Gasteiger partial charge is 0.382 e. The molecule has 4 nitrogen and oxygen atoms in total. The lowest BCUT2D eigenvalue weighted by atomic mass is 10.1. The van der Waals surface area contributed by atoms with Gasteiger partial charge in [-0.2, -0.15) is 4.37 Å². The van der Waals surface area contributed by atoms with Gasteiger partial charge in [0, 0.05) is 24.5 Å². The van der Waals surface area contributed by atoms with E-state index in [-0.39, 0.29) is 0 Å². The summed E-state index contributed by atoms with van der Waals surface area (Å²) in [5.74, 6) is 1.15. The van der Waals surface area contributed by atoms with E-state index in [1.54, 1.807) is 12.4 Å². The highest BCUT2D eigenvalue weighted by Crippen LogP contribution is 2.36. The van der Waals surface area contributed by atoms with Crippen molar-refractivity contribution >= 4 is 22.4 Å². The van der Waals surface area contributed by atoms with Crippen LogP contribution in [0.4, 0.5) is 10.8 Å². The first-order valence-electron chi connectivity index (χ1n) is 5.58. The number of hydrogen-bond acceptors (Lipinski definition) is 5. The molecular weight excluding hydrogens is 232 g/mol. The first-order chi connectivity index (χ1) is 8.18. The Labute approximate surface area is 105 Å². The Morgan fingerprint density at radius 1 is 1.47 bits per heavy atom. The van der Waals surface area contributed by atoms with Crippen molar-refractivity contribution in [3.8, 4) is 11.1 Å². The third-order valence-corrected chi connectivity index (χ3v) is 3.16. The van der Waals surface area contributed by atoms with E-state index in [2.05, 4.69) is 28.5 Å². The molecule has 2 aromatic rings. The van der Waals surface area contributed by atoms with Gasteiger partial charge in [0.05, 0.1) is 5.56 Å². The van der Waals surface area contributed by atoms with Crippen LogP contribution >= 0.6 is 11.5 Å². The molecule has 0 aliphatic rings. The summed E-state index contributed by atoms with van der Waals surface area (Å²) < 4.78 is 4.20. The predicted octanol–water partition coefficient (Wildman–Crippen LogP) is 2.86. The Hall–Kier alpha value is -1.62. The lowest BCUT2D eigenvalue weighted by molar-refractivity contribution is 0.690. The zero-order valence-electron chi connectivity index (χ0n) is 9.97. The Balaban J connectivity index is 2.30. The lowest BCUT2D eigenvalue weighted by Crippen LogP contribution is -2.07. The first kappa shape index (κ1) is 11.9. The predicted molar refractivity (Wildman–Crippen MR) is 73.1 cm³/mol. The molecule has 2 aromatic heterocycles. The van der Waals surface area contributed by atoms with Crippen LogP contribution in [0.2, 0.25) is 0 Å². The minimum atomic E-state index is 0.564. The summed E-state index contributed by atoms with van der Waals surface area (Å²) >= 11 is 1.40. The third-order valence-electron chi connectivity index (χ3n) is 2.34. The van der Waals surface area contributed by atoms with Crippen LogP contribution in [0.5, 0.6) is 0 Å². The molecule has 0 unspecified atom stereocenters. The fourth-order valence-electron chi connectivity index (χ4n) is 1.51. The van der Waals surface area contributed by atoms with E-state index >= 15 is 0 Å². The van der Waals surface area contributed by atoms with Crippen molar-refractivity contribution in [3.63, 3.8) is 0 Å². The van der Waals surface area contributed by atoms with Gasteiger partial charge in [0.1, 0.15) is 10.8 Å². The third kappa shape index (κ3) is 2.74. The van der Waals surface area contributed by atoms with Crippen molar-refractivity contribution in [2.45, 2.75) is 13.8 Å². The molecule has 3 N–H and O–H groups in total. The number of nitrogens with one attached hydrogen (secondary N) is 1. The van der Waals surface area contributed by atoms with Crippen molar-refractivity contribution < 1.29 is 0 Å². The average Bonchev–Trinajstić information content (AvgIpc) is 2.69. The molecule has 0 atom stereocenters. The molecule has 17 heavy (non-hydrogen) atoms. The Kier molecular flexibility index (Phi) is 3.58. The van der Waals surface area contributed by atoms with Crippen LogP contribution in [0.25, 0.3) is 11.1 Å². The maximum absolute atomic E-state index is 5.91. The topological polar surface area (TPSA) is 63.8 Å². The Morgan fingerprint density at radius 2 is 2.29 bits per heavy atom. The minimum absolute atomic E-state index is 0.564. The highest BCUT2D eigenvalue weighted by molar-refractivity contribution is 7.11. The lowest BCUT2D eigenvalue weighted by Gasteiger charge is -2.08. The zero-order chi connectivity index (χ0) is 12.3. The van der Waals surface area contributed by atoms with Gasteiger partial charge in [-0.05, 0) is 23.5 Å². The molecule has 0 aromatic carbocycles. The molecule has 0 saturated heterocycles. The molecule has 90 valence electrons. The van der Waals surface area contributed by atoms with Gasteiger partial charge < -0.3 is 11.1 Å². The quantitative estimate of drug-likeness (QED) is 0.873. The maximum Gasteiger partial charge on any atom is 0.147 e.